The average molecular weight is 232 g/mol. The Bertz CT molecular complexity index is 220. The van der Waals surface area contributed by atoms with Gasteiger partial charge in [0.25, 0.3) is 0 Å². The molecule has 0 aromatic heterocycles. The summed E-state index contributed by atoms with van der Waals surface area (Å²) in [6.07, 6.45) is 9.67. The maximum absolute atomic E-state index is 5.65. The van der Waals surface area contributed by atoms with Crippen molar-refractivity contribution >= 4 is 18.0 Å². The van der Waals surface area contributed by atoms with Crippen LogP contribution in [0.15, 0.2) is 12.3 Å². The minimum atomic E-state index is 0.0232. The van der Waals surface area contributed by atoms with Gasteiger partial charge in [0.05, 0.1) is 0 Å². The van der Waals surface area contributed by atoms with Crippen LogP contribution in [0.2, 0.25) is 0 Å². The second-order valence-electron chi connectivity index (χ2n) is 4.39. The summed E-state index contributed by atoms with van der Waals surface area (Å²) in [5.74, 6) is 0. The van der Waals surface area contributed by atoms with E-state index in [1.807, 2.05) is 6.92 Å². The molecule has 0 rings (SSSR count). The lowest BCUT2D eigenvalue weighted by atomic mass is 10.0. The van der Waals surface area contributed by atoms with E-state index in [9.17, 15) is 0 Å². The lowest BCUT2D eigenvalue weighted by Gasteiger charge is -2.20. The van der Waals surface area contributed by atoms with Gasteiger partial charge in [-0.25, -0.2) is 9.41 Å². The molecular weight excluding hydrogens is 208 g/mol. The first-order valence-corrected chi connectivity index (χ1v) is 6.03. The molecule has 15 heavy (non-hydrogen) atoms. The highest BCUT2D eigenvalue weighted by Gasteiger charge is 2.16. The molecule has 0 atom stereocenters. The Kier molecular flexibility index (Phi) is 7.71. The Morgan fingerprint density at radius 3 is 2.53 bits per heavy atom. The second-order valence-corrected chi connectivity index (χ2v) is 4.58. The first kappa shape index (κ1) is 14.7. The van der Waals surface area contributed by atoms with Crippen LogP contribution < -0.4 is 4.84 Å². The fourth-order valence-electron chi connectivity index (χ4n) is 1.40. The summed E-state index contributed by atoms with van der Waals surface area (Å²) < 4.78 is 2.24. The molecule has 0 aromatic carbocycles. The van der Waals surface area contributed by atoms with Crippen LogP contribution >= 0.6 is 11.8 Å². The Hall–Kier alpha value is -0.340. The first-order chi connectivity index (χ1) is 7.05. The van der Waals surface area contributed by atoms with E-state index >= 15 is 0 Å². The van der Waals surface area contributed by atoms with Crippen molar-refractivity contribution in [1.29, 1.82) is 0 Å². The predicted octanol–water partition coefficient (Wildman–Crippen LogP) is 3.32. The Morgan fingerprint density at radius 1 is 1.40 bits per heavy atom. The Balaban J connectivity index is 3.97. The molecule has 88 valence electrons. The van der Waals surface area contributed by atoms with Crippen molar-refractivity contribution in [3.8, 4) is 0 Å². The molecule has 0 amide bonds. The molecule has 0 unspecified atom stereocenters. The molecule has 0 spiro atoms. The van der Waals surface area contributed by atoms with E-state index in [-0.39, 0.29) is 5.54 Å². The summed E-state index contributed by atoms with van der Waals surface area (Å²) in [6, 6.07) is 0. The maximum Gasteiger partial charge on any atom is 0.164 e. The van der Waals surface area contributed by atoms with Crippen molar-refractivity contribution in [3.63, 3.8) is 0 Å². The third-order valence-corrected chi connectivity index (χ3v) is 2.74. The molecule has 0 radical (unpaired) electrons. The molecule has 1 N–H and O–H groups in total. The summed E-state index contributed by atoms with van der Waals surface area (Å²) in [7, 11) is 0. The molecule has 2 nitrogen and oxygen atoms in total. The van der Waals surface area contributed by atoms with Crippen molar-refractivity contribution in [2.75, 3.05) is 6.54 Å². The Morgan fingerprint density at radius 2 is 2.07 bits per heavy atom. The Labute approximate surface area is 99.1 Å². The fourth-order valence-corrected chi connectivity index (χ4v) is 1.50. The summed E-state index contributed by atoms with van der Waals surface area (Å²) in [4.78, 5) is 2.80. The van der Waals surface area contributed by atoms with E-state index < -0.39 is 0 Å². The predicted molar refractivity (Wildman–Crippen MR) is 68.6 cm³/mol. The number of halogens is 1. The van der Waals surface area contributed by atoms with Gasteiger partial charge < -0.3 is 0 Å². The van der Waals surface area contributed by atoms with Gasteiger partial charge in [-0.1, -0.05) is 6.92 Å². The molecule has 0 fully saturated rings. The molecule has 0 aliphatic carbocycles. The van der Waals surface area contributed by atoms with E-state index in [2.05, 4.69) is 48.7 Å². The van der Waals surface area contributed by atoms with Crippen LogP contribution in [0.4, 0.5) is 0 Å². The van der Waals surface area contributed by atoms with Crippen LogP contribution in [0.5, 0.6) is 0 Å². The lowest BCUT2D eigenvalue weighted by Crippen LogP contribution is -2.32. The molecule has 0 aliphatic rings. The van der Waals surface area contributed by atoms with Gasteiger partial charge in [-0.3, -0.25) is 0 Å². The zero-order valence-electron chi connectivity index (χ0n) is 10.4. The maximum atomic E-state index is 5.65. The smallest absolute Gasteiger partial charge is 0.164 e. The molecule has 0 heterocycles. The summed E-state index contributed by atoms with van der Waals surface area (Å²) in [6.45, 7) is 9.48. The zero-order chi connectivity index (χ0) is 11.7. The van der Waals surface area contributed by atoms with Crippen molar-refractivity contribution in [1.82, 2.24) is 4.84 Å². The summed E-state index contributed by atoms with van der Waals surface area (Å²) in [5, 5.41) is 0. The molecule has 0 saturated heterocycles. The highest BCUT2D eigenvalue weighted by atomic mass is 35.5. The molecule has 0 bridgehead atoms. The second kappa shape index (κ2) is 7.89. The van der Waals surface area contributed by atoms with E-state index in [1.165, 1.54) is 0 Å². The first-order valence-electron chi connectivity index (χ1n) is 5.65. The van der Waals surface area contributed by atoms with Crippen molar-refractivity contribution in [2.24, 2.45) is 0 Å². The summed E-state index contributed by atoms with van der Waals surface area (Å²) in [5.41, 5.74) is 0.0232. The monoisotopic (exact) mass is 231 g/mol. The van der Waals surface area contributed by atoms with Gasteiger partial charge in [0.2, 0.25) is 0 Å². The van der Waals surface area contributed by atoms with Crippen LogP contribution in [0.3, 0.4) is 0 Å². The third-order valence-electron chi connectivity index (χ3n) is 2.23. The van der Waals surface area contributed by atoms with Crippen molar-refractivity contribution in [2.45, 2.75) is 52.5 Å². The normalized spacial score (nSPS) is 13.8. The SMILES string of the molecule is C/C=C\[N+](=CCC)CCCC(C)(C)NCl. The average Bonchev–Trinajstić information content (AvgIpc) is 2.18. The lowest BCUT2D eigenvalue weighted by molar-refractivity contribution is -0.454. The van der Waals surface area contributed by atoms with Crippen LogP contribution in [0.25, 0.3) is 0 Å². The van der Waals surface area contributed by atoms with E-state index in [0.717, 1.165) is 25.8 Å². The number of allylic oxidation sites excluding steroid dienone is 1. The molecule has 0 saturated carbocycles. The third kappa shape index (κ3) is 7.57. The number of nitrogens with one attached hydrogen (secondary N) is 1. The van der Waals surface area contributed by atoms with Gasteiger partial charge in [-0.15, -0.1) is 0 Å². The minimum absolute atomic E-state index is 0.0232. The molecule has 0 aliphatic heterocycles. The van der Waals surface area contributed by atoms with E-state index in [1.54, 1.807) is 0 Å². The molecular formula is C12H24ClN2+. The fraction of sp³-hybridized carbons (Fsp3) is 0.750. The van der Waals surface area contributed by atoms with E-state index in [4.69, 9.17) is 11.8 Å². The number of rotatable bonds is 7. The van der Waals surface area contributed by atoms with Crippen LogP contribution in [-0.4, -0.2) is 22.9 Å². The van der Waals surface area contributed by atoms with Gasteiger partial charge in [-0.2, -0.15) is 0 Å². The topological polar surface area (TPSA) is 15.0 Å². The van der Waals surface area contributed by atoms with Gasteiger partial charge in [0, 0.05) is 18.4 Å². The van der Waals surface area contributed by atoms with Crippen LogP contribution in [-0.2, 0) is 0 Å². The van der Waals surface area contributed by atoms with Crippen molar-refractivity contribution < 1.29 is 4.58 Å². The molecule has 0 aromatic rings. The van der Waals surface area contributed by atoms with Gasteiger partial charge in [-0.05, 0) is 45.0 Å². The van der Waals surface area contributed by atoms with Crippen molar-refractivity contribution in [3.05, 3.63) is 12.3 Å². The summed E-state index contributed by atoms with van der Waals surface area (Å²) >= 11 is 5.65. The largest absolute Gasteiger partial charge is 0.228 e. The number of nitrogens with zero attached hydrogens (tertiary/aromatic N) is 1. The van der Waals surface area contributed by atoms with Crippen LogP contribution in [0.1, 0.15) is 47.0 Å². The van der Waals surface area contributed by atoms with Gasteiger partial charge in [0.15, 0.2) is 6.20 Å². The quantitative estimate of drug-likeness (QED) is 0.404. The number of hydrogen-bond acceptors (Lipinski definition) is 1. The standard InChI is InChI=1S/C12H24ClN2/c1-5-9-15(10-6-2)11-7-8-12(3,4)14-13/h5,9-10,14H,6-8,11H2,1-4H3/q+1/b9-5-,15-10?. The van der Waals surface area contributed by atoms with Crippen LogP contribution in [0, 0.1) is 0 Å². The minimum Gasteiger partial charge on any atom is -0.228 e. The highest BCUT2D eigenvalue weighted by Crippen LogP contribution is 2.11. The van der Waals surface area contributed by atoms with E-state index in [0.29, 0.717) is 0 Å². The van der Waals surface area contributed by atoms with Gasteiger partial charge >= 0.3 is 0 Å². The number of hydrogen-bond donors (Lipinski definition) is 1. The molecule has 3 heteroatoms. The van der Waals surface area contributed by atoms with Gasteiger partial charge in [0.1, 0.15) is 12.8 Å². The highest BCUT2D eigenvalue weighted by molar-refractivity contribution is 6.13. The zero-order valence-corrected chi connectivity index (χ0v) is 11.1.